The van der Waals surface area contributed by atoms with Gasteiger partial charge in [-0.1, -0.05) is 18.2 Å². The smallest absolute Gasteiger partial charge is 0.266 e. The summed E-state index contributed by atoms with van der Waals surface area (Å²) in [6, 6.07) is 10.8. The maximum atomic E-state index is 12.3. The molecule has 0 bridgehead atoms. The molecule has 1 unspecified atom stereocenters. The van der Waals surface area contributed by atoms with Gasteiger partial charge in [-0.05, 0) is 47.2 Å². The number of thiophene rings is 1. The molecule has 4 rings (SSSR count). The fourth-order valence-electron chi connectivity index (χ4n) is 3.32. The van der Waals surface area contributed by atoms with Gasteiger partial charge in [0.05, 0.1) is 0 Å². The lowest BCUT2D eigenvalue weighted by Gasteiger charge is -2.13. The molecule has 0 aliphatic rings. The summed E-state index contributed by atoms with van der Waals surface area (Å²) in [6.45, 7) is 2.17. The number of rotatable bonds is 4. The standard InChI is InChI=1S/C19H16N2O4S2/c1-10-8-11(2-3-12(10)9-20-27(24)25)16-15(22)5-4-14-17(16)13-6-7-26-18(13)19(23)21-14/h2-8,20,22H,9H2,1H3,(H,21,23)(H,24,25). The number of fused-ring (bicyclic) bond motifs is 3. The molecule has 0 saturated carbocycles. The normalized spacial score (nSPS) is 12.7. The van der Waals surface area contributed by atoms with Crippen LogP contribution in [-0.2, 0) is 17.8 Å². The lowest BCUT2D eigenvalue weighted by atomic mass is 9.94. The van der Waals surface area contributed by atoms with Crippen molar-refractivity contribution in [3.05, 3.63) is 63.3 Å². The number of aromatic amines is 1. The van der Waals surface area contributed by atoms with Crippen molar-refractivity contribution in [2.75, 3.05) is 0 Å². The molecule has 2 aromatic carbocycles. The molecule has 27 heavy (non-hydrogen) atoms. The summed E-state index contributed by atoms with van der Waals surface area (Å²) in [5.74, 6) is 0.129. The number of aryl methyl sites for hydroxylation is 1. The third kappa shape index (κ3) is 3.17. The number of hydrogen-bond acceptors (Lipinski definition) is 4. The van der Waals surface area contributed by atoms with Crippen LogP contribution in [0.1, 0.15) is 11.1 Å². The summed E-state index contributed by atoms with van der Waals surface area (Å²) in [7, 11) is 0. The van der Waals surface area contributed by atoms with Gasteiger partial charge in [-0.3, -0.25) is 9.35 Å². The maximum Gasteiger partial charge on any atom is 0.266 e. The Morgan fingerprint density at radius 1 is 1.22 bits per heavy atom. The van der Waals surface area contributed by atoms with Crippen LogP contribution in [-0.4, -0.2) is 18.9 Å². The van der Waals surface area contributed by atoms with Crippen molar-refractivity contribution in [1.82, 2.24) is 9.71 Å². The molecule has 2 aromatic heterocycles. The van der Waals surface area contributed by atoms with Gasteiger partial charge < -0.3 is 10.1 Å². The van der Waals surface area contributed by atoms with Crippen molar-refractivity contribution >= 4 is 43.6 Å². The largest absolute Gasteiger partial charge is 0.507 e. The van der Waals surface area contributed by atoms with Crippen molar-refractivity contribution in [3.63, 3.8) is 0 Å². The minimum Gasteiger partial charge on any atom is -0.507 e. The van der Waals surface area contributed by atoms with Gasteiger partial charge in [-0.2, -0.15) is 0 Å². The number of phenols is 1. The molecule has 0 aliphatic heterocycles. The van der Waals surface area contributed by atoms with Gasteiger partial charge in [-0.15, -0.1) is 11.3 Å². The molecular weight excluding hydrogens is 384 g/mol. The number of aromatic hydroxyl groups is 1. The van der Waals surface area contributed by atoms with Gasteiger partial charge in [0.2, 0.25) is 11.3 Å². The van der Waals surface area contributed by atoms with E-state index in [0.717, 1.165) is 27.5 Å². The summed E-state index contributed by atoms with van der Waals surface area (Å²) in [6.07, 6.45) is 0. The number of aromatic nitrogens is 1. The zero-order valence-electron chi connectivity index (χ0n) is 14.3. The molecule has 4 N–H and O–H groups in total. The maximum absolute atomic E-state index is 12.3. The minimum absolute atomic E-state index is 0.129. The van der Waals surface area contributed by atoms with E-state index in [4.69, 9.17) is 4.55 Å². The van der Waals surface area contributed by atoms with Crippen molar-refractivity contribution in [3.8, 4) is 16.9 Å². The van der Waals surface area contributed by atoms with Crippen LogP contribution in [0.4, 0.5) is 0 Å². The lowest BCUT2D eigenvalue weighted by Crippen LogP contribution is -2.15. The molecule has 138 valence electrons. The highest BCUT2D eigenvalue weighted by Crippen LogP contribution is 2.40. The van der Waals surface area contributed by atoms with E-state index < -0.39 is 11.3 Å². The molecule has 0 saturated heterocycles. The van der Waals surface area contributed by atoms with Crippen molar-refractivity contribution in [1.29, 1.82) is 0 Å². The quantitative estimate of drug-likeness (QED) is 0.393. The van der Waals surface area contributed by atoms with Gasteiger partial charge in [0.25, 0.3) is 5.56 Å². The van der Waals surface area contributed by atoms with Crippen molar-refractivity contribution < 1.29 is 13.9 Å². The number of hydrogen-bond donors (Lipinski definition) is 4. The van der Waals surface area contributed by atoms with Crippen LogP contribution in [0.15, 0.2) is 46.6 Å². The van der Waals surface area contributed by atoms with Crippen molar-refractivity contribution in [2.24, 2.45) is 0 Å². The van der Waals surface area contributed by atoms with E-state index in [1.807, 2.05) is 36.6 Å². The molecule has 8 heteroatoms. The first-order valence-corrected chi connectivity index (χ1v) is 10.1. The first kappa shape index (κ1) is 17.9. The monoisotopic (exact) mass is 400 g/mol. The third-order valence-corrected chi connectivity index (χ3v) is 5.89. The summed E-state index contributed by atoms with van der Waals surface area (Å²) in [5.41, 5.74) is 3.80. The average molecular weight is 400 g/mol. The van der Waals surface area contributed by atoms with E-state index in [1.54, 1.807) is 12.1 Å². The molecule has 0 spiro atoms. The second-order valence-electron chi connectivity index (χ2n) is 6.21. The Hall–Kier alpha value is -2.52. The minimum atomic E-state index is -2.07. The van der Waals surface area contributed by atoms with Gasteiger partial charge in [-0.25, -0.2) is 8.93 Å². The Labute approximate surface area is 160 Å². The fourth-order valence-corrected chi connectivity index (χ4v) is 4.39. The second kappa shape index (κ2) is 6.90. The van der Waals surface area contributed by atoms with E-state index in [9.17, 15) is 14.1 Å². The lowest BCUT2D eigenvalue weighted by molar-refractivity contribution is 0.478. The Balaban J connectivity index is 1.95. The first-order chi connectivity index (χ1) is 13.0. The van der Waals surface area contributed by atoms with E-state index in [-0.39, 0.29) is 17.9 Å². The SMILES string of the molecule is Cc1cc(-c2c(O)ccc3[nH]c(=O)c4sccc4c23)ccc1CNS(=O)O. The summed E-state index contributed by atoms with van der Waals surface area (Å²) in [4.78, 5) is 15.1. The van der Waals surface area contributed by atoms with E-state index in [0.29, 0.717) is 15.8 Å². The van der Waals surface area contributed by atoms with Crippen LogP contribution in [0.3, 0.4) is 0 Å². The zero-order chi connectivity index (χ0) is 19.1. The Morgan fingerprint density at radius 2 is 2.04 bits per heavy atom. The molecule has 0 amide bonds. The van der Waals surface area contributed by atoms with Crippen LogP contribution in [0.25, 0.3) is 32.1 Å². The summed E-state index contributed by atoms with van der Waals surface area (Å²) in [5, 5.41) is 14.1. The molecule has 4 aromatic rings. The van der Waals surface area contributed by atoms with E-state index in [1.165, 1.54) is 11.3 Å². The Bertz CT molecular complexity index is 1260. The Kier molecular flexibility index (Phi) is 4.56. The molecule has 2 heterocycles. The number of benzene rings is 2. The van der Waals surface area contributed by atoms with Crippen LogP contribution in [0.5, 0.6) is 5.75 Å². The highest BCUT2D eigenvalue weighted by molar-refractivity contribution is 7.77. The van der Waals surface area contributed by atoms with E-state index >= 15 is 0 Å². The number of H-pyrrole nitrogens is 1. The Morgan fingerprint density at radius 3 is 2.78 bits per heavy atom. The zero-order valence-corrected chi connectivity index (χ0v) is 15.9. The number of phenolic OH excluding ortho intramolecular Hbond substituents is 1. The van der Waals surface area contributed by atoms with Gasteiger partial charge in [0.15, 0.2) is 0 Å². The molecule has 0 radical (unpaired) electrons. The highest BCUT2D eigenvalue weighted by Gasteiger charge is 2.16. The molecule has 0 fully saturated rings. The summed E-state index contributed by atoms with van der Waals surface area (Å²) >= 11 is -0.707. The average Bonchev–Trinajstić information content (AvgIpc) is 3.11. The second-order valence-corrected chi connectivity index (χ2v) is 7.91. The summed E-state index contributed by atoms with van der Waals surface area (Å²) < 4.78 is 22.8. The van der Waals surface area contributed by atoms with Crippen LogP contribution in [0, 0.1) is 6.92 Å². The molecular formula is C19H16N2O4S2. The third-order valence-electron chi connectivity index (χ3n) is 4.59. The molecule has 1 atom stereocenters. The molecule has 0 aliphatic carbocycles. The van der Waals surface area contributed by atoms with Gasteiger partial charge >= 0.3 is 0 Å². The molecule has 6 nitrogen and oxygen atoms in total. The van der Waals surface area contributed by atoms with Crippen LogP contribution >= 0.6 is 11.3 Å². The van der Waals surface area contributed by atoms with Crippen LogP contribution < -0.4 is 10.3 Å². The number of nitrogens with one attached hydrogen (secondary N) is 2. The number of pyridine rings is 1. The van der Waals surface area contributed by atoms with Gasteiger partial charge in [0.1, 0.15) is 10.4 Å². The van der Waals surface area contributed by atoms with E-state index in [2.05, 4.69) is 9.71 Å². The fraction of sp³-hybridized carbons (Fsp3) is 0.105. The van der Waals surface area contributed by atoms with Crippen LogP contribution in [0.2, 0.25) is 0 Å². The van der Waals surface area contributed by atoms with Gasteiger partial charge in [0, 0.05) is 28.4 Å². The predicted octanol–water partition coefficient (Wildman–Crippen LogP) is 3.65. The highest BCUT2D eigenvalue weighted by atomic mass is 32.2. The first-order valence-electron chi connectivity index (χ1n) is 8.15. The van der Waals surface area contributed by atoms with Crippen molar-refractivity contribution in [2.45, 2.75) is 13.5 Å². The topological polar surface area (TPSA) is 102 Å². The predicted molar refractivity (Wildman–Crippen MR) is 109 cm³/mol.